The van der Waals surface area contributed by atoms with Crippen molar-refractivity contribution in [1.29, 1.82) is 0 Å². The molecule has 0 aliphatic carbocycles. The fourth-order valence-corrected chi connectivity index (χ4v) is 1.60. The molecule has 0 bridgehead atoms. The fraction of sp³-hybridized carbons (Fsp3) is 0.214. The average molecular weight is 212 g/mol. The van der Waals surface area contributed by atoms with Crippen LogP contribution in [-0.2, 0) is 6.42 Å². The lowest BCUT2D eigenvalue weighted by Gasteiger charge is -2.04. The van der Waals surface area contributed by atoms with Gasteiger partial charge in [-0.15, -0.1) is 0 Å². The Labute approximate surface area is 96.1 Å². The van der Waals surface area contributed by atoms with Crippen LogP contribution in [0.2, 0.25) is 0 Å². The highest BCUT2D eigenvalue weighted by molar-refractivity contribution is 5.40. The first-order valence-electron chi connectivity index (χ1n) is 5.43. The van der Waals surface area contributed by atoms with E-state index in [0.29, 0.717) is 5.82 Å². The first kappa shape index (κ1) is 10.7. The number of aryl methyl sites for hydroxylation is 2. The van der Waals surface area contributed by atoms with Gasteiger partial charge in [0.2, 0.25) is 0 Å². The van der Waals surface area contributed by atoms with Crippen LogP contribution in [0.4, 0.5) is 5.82 Å². The highest BCUT2D eigenvalue weighted by Crippen LogP contribution is 2.12. The Bertz CT molecular complexity index is 487. The Balaban J connectivity index is 2.20. The van der Waals surface area contributed by atoms with E-state index in [4.69, 9.17) is 5.73 Å². The van der Waals surface area contributed by atoms with Crippen molar-refractivity contribution in [1.82, 2.24) is 4.98 Å². The normalized spacial score (nSPS) is 10.4. The van der Waals surface area contributed by atoms with Crippen molar-refractivity contribution < 1.29 is 0 Å². The summed E-state index contributed by atoms with van der Waals surface area (Å²) in [5.74, 6) is 0.629. The standard InChI is InChI=1S/C14H16N2/c1-10-3-6-12(7-4-10)9-13-8-5-11(2)14(15)16-13/h3-8H,9H2,1-2H3,(H2,15,16). The molecule has 2 nitrogen and oxygen atoms in total. The lowest BCUT2D eigenvalue weighted by molar-refractivity contribution is 1.07. The number of hydrogen-bond donors (Lipinski definition) is 1. The molecule has 2 aromatic rings. The Morgan fingerprint density at radius 3 is 2.31 bits per heavy atom. The molecule has 0 aliphatic heterocycles. The van der Waals surface area contributed by atoms with Gasteiger partial charge in [0, 0.05) is 12.1 Å². The third-order valence-corrected chi connectivity index (χ3v) is 2.70. The Morgan fingerprint density at radius 2 is 1.69 bits per heavy atom. The second-order valence-corrected chi connectivity index (χ2v) is 4.17. The number of pyridine rings is 1. The molecule has 2 heteroatoms. The summed E-state index contributed by atoms with van der Waals surface area (Å²) in [6, 6.07) is 12.6. The predicted octanol–water partition coefficient (Wildman–Crippen LogP) is 2.87. The molecule has 0 saturated carbocycles. The van der Waals surface area contributed by atoms with Crippen LogP contribution in [0.3, 0.4) is 0 Å². The van der Waals surface area contributed by atoms with E-state index in [-0.39, 0.29) is 0 Å². The molecule has 82 valence electrons. The summed E-state index contributed by atoms with van der Waals surface area (Å²) in [5.41, 5.74) is 10.4. The van der Waals surface area contributed by atoms with Gasteiger partial charge in [0.15, 0.2) is 0 Å². The van der Waals surface area contributed by atoms with Crippen LogP contribution < -0.4 is 5.73 Å². The third-order valence-electron chi connectivity index (χ3n) is 2.70. The van der Waals surface area contributed by atoms with Crippen molar-refractivity contribution in [2.24, 2.45) is 0 Å². The molecule has 0 aliphatic rings. The molecule has 16 heavy (non-hydrogen) atoms. The minimum absolute atomic E-state index is 0.629. The number of nitrogens with two attached hydrogens (primary N) is 1. The van der Waals surface area contributed by atoms with E-state index >= 15 is 0 Å². The van der Waals surface area contributed by atoms with Gasteiger partial charge in [-0.3, -0.25) is 0 Å². The van der Waals surface area contributed by atoms with Crippen LogP contribution in [0.1, 0.15) is 22.4 Å². The Hall–Kier alpha value is -1.83. The van der Waals surface area contributed by atoms with Gasteiger partial charge in [-0.1, -0.05) is 35.9 Å². The third kappa shape index (κ3) is 2.40. The SMILES string of the molecule is Cc1ccc(Cc2ccc(C)c(N)n2)cc1. The topological polar surface area (TPSA) is 38.9 Å². The number of nitrogen functional groups attached to an aromatic ring is 1. The number of rotatable bonds is 2. The summed E-state index contributed by atoms with van der Waals surface area (Å²) >= 11 is 0. The number of aromatic nitrogens is 1. The van der Waals surface area contributed by atoms with Gasteiger partial charge >= 0.3 is 0 Å². The zero-order valence-corrected chi connectivity index (χ0v) is 9.70. The maximum atomic E-state index is 5.79. The molecule has 0 radical (unpaired) electrons. The summed E-state index contributed by atoms with van der Waals surface area (Å²) in [7, 11) is 0. The molecule has 0 fully saturated rings. The van der Waals surface area contributed by atoms with E-state index in [1.807, 2.05) is 19.1 Å². The molecule has 0 spiro atoms. The molecule has 0 amide bonds. The maximum Gasteiger partial charge on any atom is 0.126 e. The van der Waals surface area contributed by atoms with Crippen molar-refractivity contribution in [3.8, 4) is 0 Å². The van der Waals surface area contributed by atoms with Gasteiger partial charge in [-0.25, -0.2) is 4.98 Å². The maximum absolute atomic E-state index is 5.79. The summed E-state index contributed by atoms with van der Waals surface area (Å²) < 4.78 is 0. The Morgan fingerprint density at radius 1 is 1.00 bits per heavy atom. The number of nitrogens with zero attached hydrogens (tertiary/aromatic N) is 1. The van der Waals surface area contributed by atoms with E-state index < -0.39 is 0 Å². The van der Waals surface area contributed by atoms with Crippen molar-refractivity contribution >= 4 is 5.82 Å². The molecule has 1 aromatic heterocycles. The second-order valence-electron chi connectivity index (χ2n) is 4.17. The van der Waals surface area contributed by atoms with Crippen LogP contribution >= 0.6 is 0 Å². The fourth-order valence-electron chi connectivity index (χ4n) is 1.60. The lowest BCUT2D eigenvalue weighted by atomic mass is 10.1. The van der Waals surface area contributed by atoms with Crippen LogP contribution in [0.25, 0.3) is 0 Å². The van der Waals surface area contributed by atoms with Crippen molar-refractivity contribution in [2.75, 3.05) is 5.73 Å². The van der Waals surface area contributed by atoms with Crippen molar-refractivity contribution in [3.05, 3.63) is 58.8 Å². The smallest absolute Gasteiger partial charge is 0.126 e. The summed E-state index contributed by atoms with van der Waals surface area (Å²) in [4.78, 5) is 4.37. The van der Waals surface area contributed by atoms with E-state index in [0.717, 1.165) is 17.7 Å². The van der Waals surface area contributed by atoms with Crippen LogP contribution in [0.5, 0.6) is 0 Å². The van der Waals surface area contributed by atoms with Crippen LogP contribution in [0, 0.1) is 13.8 Å². The van der Waals surface area contributed by atoms with Crippen molar-refractivity contribution in [3.63, 3.8) is 0 Å². The van der Waals surface area contributed by atoms with Gasteiger partial charge in [-0.2, -0.15) is 0 Å². The van der Waals surface area contributed by atoms with Gasteiger partial charge in [0.25, 0.3) is 0 Å². The minimum Gasteiger partial charge on any atom is -0.383 e. The van der Waals surface area contributed by atoms with E-state index in [9.17, 15) is 0 Å². The highest BCUT2D eigenvalue weighted by Gasteiger charge is 2.00. The summed E-state index contributed by atoms with van der Waals surface area (Å²) in [6.45, 7) is 4.06. The molecule has 2 rings (SSSR count). The molecular weight excluding hydrogens is 196 g/mol. The zero-order chi connectivity index (χ0) is 11.5. The molecule has 1 heterocycles. The average Bonchev–Trinajstić information content (AvgIpc) is 2.27. The quantitative estimate of drug-likeness (QED) is 0.831. The van der Waals surface area contributed by atoms with Crippen LogP contribution in [-0.4, -0.2) is 4.98 Å². The van der Waals surface area contributed by atoms with Gasteiger partial charge in [0.1, 0.15) is 5.82 Å². The summed E-state index contributed by atoms with van der Waals surface area (Å²) in [5, 5.41) is 0. The molecular formula is C14H16N2. The second kappa shape index (κ2) is 4.35. The number of benzene rings is 1. The predicted molar refractivity (Wildman–Crippen MR) is 67.4 cm³/mol. The molecule has 0 unspecified atom stereocenters. The molecule has 0 saturated heterocycles. The lowest BCUT2D eigenvalue weighted by Crippen LogP contribution is -1.99. The van der Waals surface area contributed by atoms with E-state index in [1.165, 1.54) is 11.1 Å². The largest absolute Gasteiger partial charge is 0.383 e. The number of hydrogen-bond acceptors (Lipinski definition) is 2. The van der Waals surface area contributed by atoms with Gasteiger partial charge < -0.3 is 5.73 Å². The van der Waals surface area contributed by atoms with E-state index in [1.54, 1.807) is 0 Å². The Kier molecular flexibility index (Phi) is 2.91. The minimum atomic E-state index is 0.629. The van der Waals surface area contributed by atoms with E-state index in [2.05, 4.69) is 36.2 Å². The van der Waals surface area contributed by atoms with Crippen LogP contribution in [0.15, 0.2) is 36.4 Å². The highest BCUT2D eigenvalue weighted by atomic mass is 14.8. The number of anilines is 1. The first-order chi connectivity index (χ1) is 7.65. The molecule has 0 atom stereocenters. The summed E-state index contributed by atoms with van der Waals surface area (Å²) in [6.07, 6.45) is 0.838. The first-order valence-corrected chi connectivity index (χ1v) is 5.43. The van der Waals surface area contributed by atoms with Gasteiger partial charge in [0.05, 0.1) is 0 Å². The van der Waals surface area contributed by atoms with Crippen molar-refractivity contribution in [2.45, 2.75) is 20.3 Å². The zero-order valence-electron chi connectivity index (χ0n) is 9.70. The molecule has 2 N–H and O–H groups in total. The monoisotopic (exact) mass is 212 g/mol. The van der Waals surface area contributed by atoms with Gasteiger partial charge in [-0.05, 0) is 31.0 Å². The molecule has 1 aromatic carbocycles.